The fraction of sp³-hybridized carbons (Fsp3) is 0.483. The molecule has 3 heterocycles. The summed E-state index contributed by atoms with van der Waals surface area (Å²) in [6, 6.07) is 15.5. The molecule has 3 aliphatic heterocycles. The number of aliphatic hydroxyl groups excluding tert-OH is 1. The van der Waals surface area contributed by atoms with Crippen LogP contribution in [0.1, 0.15) is 44.6 Å². The normalized spacial score (nSPS) is 29.4. The van der Waals surface area contributed by atoms with Gasteiger partial charge in [0.1, 0.15) is 11.6 Å². The lowest BCUT2D eigenvalue weighted by atomic mass is 9.65. The summed E-state index contributed by atoms with van der Waals surface area (Å²) in [6.45, 7) is 2.63. The fourth-order valence-corrected chi connectivity index (χ4v) is 6.82. The number of hydrogen-bond donors (Lipinski definition) is 3. The molecule has 0 aromatic heterocycles. The van der Waals surface area contributed by atoms with Gasteiger partial charge in [0.2, 0.25) is 17.7 Å². The van der Waals surface area contributed by atoms with E-state index in [4.69, 9.17) is 16.3 Å². The van der Waals surface area contributed by atoms with Crippen molar-refractivity contribution in [3.63, 3.8) is 0 Å². The van der Waals surface area contributed by atoms with Crippen molar-refractivity contribution in [2.75, 3.05) is 18.5 Å². The minimum atomic E-state index is -1.09. The van der Waals surface area contributed by atoms with Crippen LogP contribution in [0.5, 0.6) is 0 Å². The fourth-order valence-electron chi connectivity index (χ4n) is 6.69. The molecule has 2 bridgehead atoms. The van der Waals surface area contributed by atoms with Crippen LogP contribution in [0.15, 0.2) is 54.6 Å². The van der Waals surface area contributed by atoms with E-state index in [1.165, 1.54) is 0 Å². The van der Waals surface area contributed by atoms with E-state index in [-0.39, 0.29) is 24.3 Å². The number of unbranched alkanes of at least 4 members (excludes halogenated alkanes) is 1. The predicted molar refractivity (Wildman–Crippen MR) is 143 cm³/mol. The van der Waals surface area contributed by atoms with Gasteiger partial charge in [0.15, 0.2) is 0 Å². The molecule has 5 atom stereocenters. The number of likely N-dealkylation sites (tertiary alicyclic amines) is 1. The maximum atomic E-state index is 14.0. The second-order valence-corrected chi connectivity index (χ2v) is 10.9. The van der Waals surface area contributed by atoms with Crippen molar-refractivity contribution in [2.24, 2.45) is 11.8 Å². The highest BCUT2D eigenvalue weighted by molar-refractivity contribution is 6.30. The molecular weight excluding hydrogens is 506 g/mol. The van der Waals surface area contributed by atoms with Crippen molar-refractivity contribution in [1.82, 2.24) is 10.2 Å². The molecule has 3 fully saturated rings. The first-order valence-corrected chi connectivity index (χ1v) is 13.7. The van der Waals surface area contributed by atoms with Crippen molar-refractivity contribution < 1.29 is 24.2 Å². The average Bonchev–Trinajstić information content (AvgIpc) is 3.53. The Morgan fingerprint density at radius 2 is 1.82 bits per heavy atom. The largest absolute Gasteiger partial charge is 0.396 e. The summed E-state index contributed by atoms with van der Waals surface area (Å²) in [6.07, 6.45) is 2.74. The van der Waals surface area contributed by atoms with Crippen LogP contribution in [0.4, 0.5) is 5.69 Å². The lowest BCUT2D eigenvalue weighted by Gasteiger charge is -2.34. The number of hydrogen-bond acceptors (Lipinski definition) is 5. The predicted octanol–water partition coefficient (Wildman–Crippen LogP) is 3.52. The van der Waals surface area contributed by atoms with Crippen molar-refractivity contribution in [3.05, 3.63) is 65.2 Å². The van der Waals surface area contributed by atoms with Crippen LogP contribution >= 0.6 is 11.6 Å². The summed E-state index contributed by atoms with van der Waals surface area (Å²) in [4.78, 5) is 43.1. The summed E-state index contributed by atoms with van der Waals surface area (Å²) >= 11 is 6.01. The molecule has 8 nitrogen and oxygen atoms in total. The van der Waals surface area contributed by atoms with E-state index in [2.05, 4.69) is 10.6 Å². The molecule has 2 aromatic rings. The Hall–Kier alpha value is -2.94. The number of ether oxygens (including phenoxy) is 1. The zero-order valence-corrected chi connectivity index (χ0v) is 22.2. The van der Waals surface area contributed by atoms with E-state index in [1.807, 2.05) is 37.3 Å². The maximum Gasteiger partial charge on any atom is 0.250 e. The van der Waals surface area contributed by atoms with Crippen LogP contribution in [0.2, 0.25) is 5.02 Å². The Labute approximate surface area is 227 Å². The number of carbonyl (C=O) groups excluding carboxylic acids is 3. The number of benzene rings is 2. The van der Waals surface area contributed by atoms with Gasteiger partial charge in [0.25, 0.3) is 0 Å². The third-order valence-electron chi connectivity index (χ3n) is 8.44. The molecular formula is C29H34ClN3O5. The van der Waals surface area contributed by atoms with Crippen molar-refractivity contribution >= 4 is 35.0 Å². The summed E-state index contributed by atoms with van der Waals surface area (Å²) in [7, 11) is 0. The van der Waals surface area contributed by atoms with E-state index in [1.54, 1.807) is 29.2 Å². The minimum Gasteiger partial charge on any atom is -0.396 e. The van der Waals surface area contributed by atoms with Gasteiger partial charge in [-0.1, -0.05) is 48.9 Å². The molecule has 1 spiro atoms. The van der Waals surface area contributed by atoms with Crippen molar-refractivity contribution in [1.29, 1.82) is 0 Å². The monoisotopic (exact) mass is 539 g/mol. The number of halogens is 1. The molecule has 3 saturated heterocycles. The summed E-state index contributed by atoms with van der Waals surface area (Å²) < 4.78 is 6.75. The quantitative estimate of drug-likeness (QED) is 0.400. The van der Waals surface area contributed by atoms with Gasteiger partial charge in [-0.3, -0.25) is 14.4 Å². The van der Waals surface area contributed by atoms with Crippen LogP contribution in [-0.4, -0.2) is 58.1 Å². The van der Waals surface area contributed by atoms with Crippen molar-refractivity contribution in [2.45, 2.75) is 62.8 Å². The van der Waals surface area contributed by atoms with Gasteiger partial charge in [-0.05, 0) is 61.9 Å². The molecule has 38 heavy (non-hydrogen) atoms. The Balaban J connectivity index is 1.46. The number of carbonyl (C=O) groups is 3. The molecule has 9 heteroatoms. The number of nitrogens with one attached hydrogen (secondary N) is 2. The molecule has 5 rings (SSSR count). The topological polar surface area (TPSA) is 108 Å². The molecule has 0 saturated carbocycles. The van der Waals surface area contributed by atoms with Crippen LogP contribution in [0, 0.1) is 11.8 Å². The number of anilines is 1. The van der Waals surface area contributed by atoms with Gasteiger partial charge in [-0.25, -0.2) is 0 Å². The highest BCUT2D eigenvalue weighted by atomic mass is 35.5. The highest BCUT2D eigenvalue weighted by Gasteiger charge is 2.78. The summed E-state index contributed by atoms with van der Waals surface area (Å²) in [5.41, 5.74) is -0.347. The first-order chi connectivity index (χ1) is 18.3. The van der Waals surface area contributed by atoms with E-state index in [0.29, 0.717) is 55.9 Å². The SMILES string of the molecule is CC[C@@]12CCC3(O1)C(C(=O)Nc1ccc(Cl)cc1)N(CCCCO)C(=O)[C@@H]3[C@@H]2C(=O)NCc1ccccc1. The van der Waals surface area contributed by atoms with Crippen LogP contribution in [0.25, 0.3) is 0 Å². The zero-order chi connectivity index (χ0) is 26.9. The Bertz CT molecular complexity index is 1190. The first kappa shape index (κ1) is 26.7. The first-order valence-electron chi connectivity index (χ1n) is 13.3. The average molecular weight is 540 g/mol. The maximum absolute atomic E-state index is 14.0. The molecule has 0 aliphatic carbocycles. The second-order valence-electron chi connectivity index (χ2n) is 10.5. The Kier molecular flexibility index (Phi) is 7.49. The molecule has 3 N–H and O–H groups in total. The number of aliphatic hydroxyl groups is 1. The van der Waals surface area contributed by atoms with Gasteiger partial charge in [0.05, 0.1) is 17.4 Å². The molecule has 3 aliphatic rings. The molecule has 3 amide bonds. The smallest absolute Gasteiger partial charge is 0.250 e. The summed E-state index contributed by atoms with van der Waals surface area (Å²) in [5, 5.41) is 15.9. The highest BCUT2D eigenvalue weighted by Crippen LogP contribution is 2.64. The van der Waals surface area contributed by atoms with Gasteiger partial charge in [0, 0.05) is 30.4 Å². The second kappa shape index (κ2) is 10.7. The zero-order valence-electron chi connectivity index (χ0n) is 21.5. The minimum absolute atomic E-state index is 0.00178. The molecule has 202 valence electrons. The van der Waals surface area contributed by atoms with Crippen LogP contribution < -0.4 is 10.6 Å². The number of fused-ring (bicyclic) bond motifs is 1. The lowest BCUT2D eigenvalue weighted by molar-refractivity contribution is -0.146. The van der Waals surface area contributed by atoms with Crippen LogP contribution in [0.3, 0.4) is 0 Å². The molecule has 2 unspecified atom stereocenters. The third-order valence-corrected chi connectivity index (χ3v) is 8.69. The van der Waals surface area contributed by atoms with Gasteiger partial charge in [-0.15, -0.1) is 0 Å². The Morgan fingerprint density at radius 1 is 1.08 bits per heavy atom. The lowest BCUT2D eigenvalue weighted by Crippen LogP contribution is -2.53. The van der Waals surface area contributed by atoms with Gasteiger partial charge < -0.3 is 25.4 Å². The molecule has 0 radical (unpaired) electrons. The summed E-state index contributed by atoms with van der Waals surface area (Å²) in [5.74, 6) is -2.23. The van der Waals surface area contributed by atoms with Crippen LogP contribution in [-0.2, 0) is 25.7 Å². The van der Waals surface area contributed by atoms with Gasteiger partial charge in [-0.2, -0.15) is 0 Å². The number of amides is 3. The van der Waals surface area contributed by atoms with Crippen molar-refractivity contribution in [3.8, 4) is 0 Å². The number of rotatable bonds is 10. The van der Waals surface area contributed by atoms with Gasteiger partial charge >= 0.3 is 0 Å². The number of nitrogens with zero attached hydrogens (tertiary/aromatic N) is 1. The Morgan fingerprint density at radius 3 is 2.50 bits per heavy atom. The van der Waals surface area contributed by atoms with E-state index in [9.17, 15) is 19.5 Å². The van der Waals surface area contributed by atoms with E-state index >= 15 is 0 Å². The molecule has 2 aromatic carbocycles. The standard InChI is InChI=1S/C29H34ClN3O5/c1-2-28-14-15-29(38-28)23(22(28)25(35)31-18-19-8-4-3-5-9-19)27(37)33(16-6-7-17-34)24(29)26(36)32-21-12-10-20(30)11-13-21/h3-5,8-13,22-24,34H,2,6-7,14-18H2,1H3,(H,31,35)(H,32,36)/t22-,23+,24?,28+,29?/m1/s1. The van der Waals surface area contributed by atoms with E-state index in [0.717, 1.165) is 5.56 Å². The van der Waals surface area contributed by atoms with E-state index < -0.39 is 29.1 Å². The third kappa shape index (κ3) is 4.48.